The van der Waals surface area contributed by atoms with Gasteiger partial charge >= 0.3 is 0 Å². The molecular weight excluding hydrogens is 278 g/mol. The van der Waals surface area contributed by atoms with Crippen molar-refractivity contribution >= 4 is 22.2 Å². The van der Waals surface area contributed by atoms with Gasteiger partial charge in [-0.3, -0.25) is 4.79 Å². The lowest BCUT2D eigenvalue weighted by molar-refractivity contribution is 0.111. The maximum atomic E-state index is 10.9. The second-order valence-electron chi connectivity index (χ2n) is 3.24. The van der Waals surface area contributed by atoms with Crippen LogP contribution in [0.3, 0.4) is 0 Å². The smallest absolute Gasteiger partial charge is 0.173 e. The topological polar surface area (TPSA) is 67.8 Å². The molecule has 0 aliphatic carbocycles. The number of fused-ring (bicyclic) bond motifs is 1. The Balaban J connectivity index is 2.57. The van der Waals surface area contributed by atoms with Crippen LogP contribution in [0.5, 0.6) is 11.5 Å². The van der Waals surface area contributed by atoms with Crippen molar-refractivity contribution in [3.8, 4) is 11.5 Å². The summed E-state index contributed by atoms with van der Waals surface area (Å²) in [5, 5.41) is 8.71. The van der Waals surface area contributed by atoms with Gasteiger partial charge in [-0.25, -0.2) is 5.48 Å². The molecule has 2 N–H and O–H groups in total. The molecule has 1 heterocycles. The number of hydroxylamine groups is 1. The lowest BCUT2D eigenvalue weighted by atomic mass is 10.1. The molecule has 0 aromatic heterocycles. The summed E-state index contributed by atoms with van der Waals surface area (Å²) < 4.78 is 11.5. The Hall–Kier alpha value is -1.11. The van der Waals surface area contributed by atoms with E-state index in [9.17, 15) is 4.79 Å². The molecule has 6 heteroatoms. The van der Waals surface area contributed by atoms with E-state index in [1.165, 1.54) is 0 Å². The number of carbonyl (C=O) groups excluding carboxylic acids is 1. The highest BCUT2D eigenvalue weighted by atomic mass is 79.9. The SMILES string of the molecule is O=Cc1c(Br)cc(CNO)c2c1OCCO2. The summed E-state index contributed by atoms with van der Waals surface area (Å²) in [7, 11) is 0. The van der Waals surface area contributed by atoms with Crippen LogP contribution in [-0.2, 0) is 6.54 Å². The number of rotatable bonds is 3. The predicted octanol–water partition coefficient (Wildman–Crippen LogP) is 1.51. The van der Waals surface area contributed by atoms with Crippen LogP contribution in [0.4, 0.5) is 0 Å². The van der Waals surface area contributed by atoms with Crippen LogP contribution in [0.1, 0.15) is 15.9 Å². The first-order chi connectivity index (χ1) is 7.77. The third-order valence-electron chi connectivity index (χ3n) is 2.26. The standard InChI is InChI=1S/C10H10BrNO4/c11-8-3-6(4-12-14)9-10(7(8)5-13)16-2-1-15-9/h3,5,12,14H,1-2,4H2. The lowest BCUT2D eigenvalue weighted by Gasteiger charge is -2.23. The number of aldehydes is 1. The van der Waals surface area contributed by atoms with Crippen LogP contribution in [0, 0.1) is 0 Å². The number of nitrogens with one attached hydrogen (secondary N) is 1. The number of ether oxygens (including phenoxy) is 2. The molecule has 16 heavy (non-hydrogen) atoms. The number of hydrogen-bond donors (Lipinski definition) is 2. The summed E-state index contributed by atoms with van der Waals surface area (Å²) in [6, 6.07) is 1.72. The Morgan fingerprint density at radius 2 is 2.12 bits per heavy atom. The molecule has 86 valence electrons. The average molecular weight is 288 g/mol. The number of carbonyl (C=O) groups is 1. The number of benzene rings is 1. The minimum atomic E-state index is 0.226. The van der Waals surface area contributed by atoms with Crippen LogP contribution in [-0.4, -0.2) is 24.7 Å². The van der Waals surface area contributed by atoms with Gasteiger partial charge in [0.05, 0.1) is 5.56 Å². The van der Waals surface area contributed by atoms with E-state index in [4.69, 9.17) is 14.7 Å². The van der Waals surface area contributed by atoms with Crippen molar-refractivity contribution in [3.05, 3.63) is 21.7 Å². The van der Waals surface area contributed by atoms with Gasteiger partial charge in [-0.15, -0.1) is 0 Å². The maximum Gasteiger partial charge on any atom is 0.173 e. The van der Waals surface area contributed by atoms with Crippen LogP contribution >= 0.6 is 15.9 Å². The number of halogens is 1. The zero-order valence-electron chi connectivity index (χ0n) is 8.33. The van der Waals surface area contributed by atoms with Gasteiger partial charge in [-0.2, -0.15) is 0 Å². The predicted molar refractivity (Wildman–Crippen MR) is 59.1 cm³/mol. The third-order valence-corrected chi connectivity index (χ3v) is 2.92. The fourth-order valence-corrected chi connectivity index (χ4v) is 2.14. The fraction of sp³-hybridized carbons (Fsp3) is 0.300. The molecule has 0 saturated carbocycles. The van der Waals surface area contributed by atoms with E-state index >= 15 is 0 Å². The second kappa shape index (κ2) is 4.82. The van der Waals surface area contributed by atoms with Crippen molar-refractivity contribution < 1.29 is 19.5 Å². The van der Waals surface area contributed by atoms with Crippen molar-refractivity contribution in [3.63, 3.8) is 0 Å². The summed E-state index contributed by atoms with van der Waals surface area (Å²) in [5.41, 5.74) is 3.21. The van der Waals surface area contributed by atoms with E-state index < -0.39 is 0 Å². The monoisotopic (exact) mass is 287 g/mol. The normalized spacial score (nSPS) is 13.6. The summed E-state index contributed by atoms with van der Waals surface area (Å²) in [4.78, 5) is 10.9. The molecule has 0 bridgehead atoms. The highest BCUT2D eigenvalue weighted by molar-refractivity contribution is 9.10. The summed E-state index contributed by atoms with van der Waals surface area (Å²) in [6.07, 6.45) is 0.716. The van der Waals surface area contributed by atoms with Crippen molar-refractivity contribution in [1.29, 1.82) is 0 Å². The Morgan fingerprint density at radius 3 is 2.75 bits per heavy atom. The van der Waals surface area contributed by atoms with E-state index in [2.05, 4.69) is 21.4 Å². The van der Waals surface area contributed by atoms with Crippen LogP contribution in [0.15, 0.2) is 10.5 Å². The molecule has 1 aromatic rings. The second-order valence-corrected chi connectivity index (χ2v) is 4.09. The molecule has 0 fully saturated rings. The van der Waals surface area contributed by atoms with Gasteiger partial charge in [0, 0.05) is 16.6 Å². The van der Waals surface area contributed by atoms with Gasteiger partial charge in [0.1, 0.15) is 13.2 Å². The molecule has 1 aliphatic heterocycles. The molecule has 0 unspecified atom stereocenters. The van der Waals surface area contributed by atoms with Crippen molar-refractivity contribution in [1.82, 2.24) is 5.48 Å². The Morgan fingerprint density at radius 1 is 1.44 bits per heavy atom. The van der Waals surface area contributed by atoms with Gasteiger partial charge in [0.2, 0.25) is 0 Å². The molecule has 0 radical (unpaired) electrons. The highest BCUT2D eigenvalue weighted by Crippen LogP contribution is 2.40. The van der Waals surface area contributed by atoms with E-state index in [-0.39, 0.29) is 6.54 Å². The van der Waals surface area contributed by atoms with Crippen molar-refractivity contribution in [2.24, 2.45) is 0 Å². The third kappa shape index (κ3) is 1.91. The van der Waals surface area contributed by atoms with Crippen LogP contribution in [0.2, 0.25) is 0 Å². The molecule has 2 rings (SSSR count). The molecule has 1 aliphatic rings. The molecule has 0 saturated heterocycles. The first kappa shape index (κ1) is 11.4. The summed E-state index contributed by atoms with van der Waals surface area (Å²) in [6.45, 7) is 1.07. The Labute approximate surface area is 100 Å². The lowest BCUT2D eigenvalue weighted by Crippen LogP contribution is -2.19. The largest absolute Gasteiger partial charge is 0.486 e. The van der Waals surface area contributed by atoms with E-state index in [0.29, 0.717) is 41.0 Å². The first-order valence-corrected chi connectivity index (χ1v) is 5.50. The zero-order valence-corrected chi connectivity index (χ0v) is 9.91. The van der Waals surface area contributed by atoms with Gasteiger partial charge in [0.25, 0.3) is 0 Å². The fourth-order valence-electron chi connectivity index (χ4n) is 1.59. The van der Waals surface area contributed by atoms with E-state index in [1.54, 1.807) is 6.07 Å². The molecule has 0 amide bonds. The first-order valence-electron chi connectivity index (χ1n) is 4.71. The molecule has 1 aromatic carbocycles. The maximum absolute atomic E-state index is 10.9. The molecule has 0 atom stereocenters. The van der Waals surface area contributed by atoms with Gasteiger partial charge in [-0.05, 0) is 22.0 Å². The number of hydrogen-bond acceptors (Lipinski definition) is 5. The van der Waals surface area contributed by atoms with Crippen molar-refractivity contribution in [2.75, 3.05) is 13.2 Å². The highest BCUT2D eigenvalue weighted by Gasteiger charge is 2.22. The summed E-state index contributed by atoms with van der Waals surface area (Å²) in [5.74, 6) is 0.943. The quantitative estimate of drug-likeness (QED) is 0.652. The van der Waals surface area contributed by atoms with Crippen LogP contribution < -0.4 is 15.0 Å². The molecule has 5 nitrogen and oxygen atoms in total. The minimum Gasteiger partial charge on any atom is -0.486 e. The van der Waals surface area contributed by atoms with Crippen LogP contribution in [0.25, 0.3) is 0 Å². The van der Waals surface area contributed by atoms with Gasteiger partial charge in [0.15, 0.2) is 17.8 Å². The van der Waals surface area contributed by atoms with Crippen molar-refractivity contribution in [2.45, 2.75) is 6.54 Å². The zero-order chi connectivity index (χ0) is 11.5. The van der Waals surface area contributed by atoms with Gasteiger partial charge < -0.3 is 14.7 Å². The summed E-state index contributed by atoms with van der Waals surface area (Å²) >= 11 is 3.28. The van der Waals surface area contributed by atoms with Gasteiger partial charge in [-0.1, -0.05) is 0 Å². The Kier molecular flexibility index (Phi) is 3.42. The Bertz CT molecular complexity index is 422. The average Bonchev–Trinajstić information content (AvgIpc) is 2.30. The molecule has 0 spiro atoms. The van der Waals surface area contributed by atoms with E-state index in [0.717, 1.165) is 5.56 Å². The molecular formula is C10H10BrNO4. The minimum absolute atomic E-state index is 0.226. The van der Waals surface area contributed by atoms with E-state index in [1.807, 2.05) is 0 Å².